The normalized spacial score (nSPS) is 23.2. The number of furan rings is 1. The lowest BCUT2D eigenvalue weighted by Crippen LogP contribution is -2.43. The number of carbonyl (C=O) groups is 1. The maximum atomic E-state index is 12.4. The van der Waals surface area contributed by atoms with Gasteiger partial charge in [0.2, 0.25) is 5.91 Å². The monoisotopic (exact) mass is 313 g/mol. The van der Waals surface area contributed by atoms with Gasteiger partial charge in [-0.05, 0) is 37.3 Å². The van der Waals surface area contributed by atoms with Crippen LogP contribution in [0.25, 0.3) is 0 Å². The Morgan fingerprint density at radius 3 is 2.86 bits per heavy atom. The van der Waals surface area contributed by atoms with Crippen LogP contribution in [-0.4, -0.2) is 37.3 Å². The van der Waals surface area contributed by atoms with Crippen LogP contribution in [0.1, 0.15) is 44.9 Å². The molecule has 0 aromatic carbocycles. The topological polar surface area (TPSA) is 67.6 Å². The third-order valence-corrected chi connectivity index (χ3v) is 5.63. The van der Waals surface area contributed by atoms with Crippen LogP contribution in [0.5, 0.6) is 0 Å². The van der Waals surface area contributed by atoms with Gasteiger partial charge in [-0.2, -0.15) is 0 Å². The van der Waals surface area contributed by atoms with Gasteiger partial charge in [0.25, 0.3) is 0 Å². The zero-order valence-corrected chi connectivity index (χ0v) is 13.4. The first-order chi connectivity index (χ1) is 9.93. The Morgan fingerprint density at radius 1 is 1.48 bits per heavy atom. The number of likely N-dealkylation sites (tertiary alicyclic amines) is 1. The third-order valence-electron chi connectivity index (χ3n) is 3.92. The summed E-state index contributed by atoms with van der Waals surface area (Å²) in [5.74, 6) is 0.594. The van der Waals surface area contributed by atoms with E-state index in [1.165, 1.54) is 0 Å². The summed E-state index contributed by atoms with van der Waals surface area (Å²) >= 11 is 0. The van der Waals surface area contributed by atoms with E-state index in [1.54, 1.807) is 24.2 Å². The smallest absolute Gasteiger partial charge is 0.238 e. The number of hydrogen-bond acceptors (Lipinski definition) is 4. The highest BCUT2D eigenvalue weighted by Crippen LogP contribution is 2.34. The van der Waals surface area contributed by atoms with Crippen LogP contribution in [0.3, 0.4) is 0 Å². The molecule has 1 saturated heterocycles. The molecule has 6 heteroatoms. The zero-order chi connectivity index (χ0) is 15.5. The SMILES string of the molecule is CCCS(=O)(=O)CC(=O)N1CC[C@H](C)C[C@H]1c1ccco1. The molecule has 0 radical (unpaired) electrons. The second kappa shape index (κ2) is 6.64. The van der Waals surface area contributed by atoms with Crippen molar-refractivity contribution in [1.29, 1.82) is 0 Å². The Kier molecular flexibility index (Phi) is 5.08. The Bertz CT molecular complexity index is 565. The number of amides is 1. The Labute approximate surface area is 126 Å². The van der Waals surface area contributed by atoms with Gasteiger partial charge in [0.15, 0.2) is 9.84 Å². The van der Waals surface area contributed by atoms with Crippen LogP contribution in [0.2, 0.25) is 0 Å². The average molecular weight is 313 g/mol. The molecule has 0 aliphatic carbocycles. The summed E-state index contributed by atoms with van der Waals surface area (Å²) < 4.78 is 29.2. The molecule has 2 heterocycles. The minimum atomic E-state index is -3.31. The quantitative estimate of drug-likeness (QED) is 0.837. The number of rotatable bonds is 5. The van der Waals surface area contributed by atoms with Crippen molar-refractivity contribution in [3.8, 4) is 0 Å². The van der Waals surface area contributed by atoms with Gasteiger partial charge in [0, 0.05) is 6.54 Å². The molecule has 5 nitrogen and oxygen atoms in total. The molecule has 1 aliphatic heterocycles. The fraction of sp³-hybridized carbons (Fsp3) is 0.667. The first-order valence-electron chi connectivity index (χ1n) is 7.46. The molecule has 1 aromatic rings. The summed E-state index contributed by atoms with van der Waals surface area (Å²) in [6.07, 6.45) is 3.84. The van der Waals surface area contributed by atoms with E-state index in [9.17, 15) is 13.2 Å². The van der Waals surface area contributed by atoms with Crippen LogP contribution in [0.15, 0.2) is 22.8 Å². The Morgan fingerprint density at radius 2 is 2.24 bits per heavy atom. The van der Waals surface area contributed by atoms with Gasteiger partial charge in [0.05, 0.1) is 18.1 Å². The van der Waals surface area contributed by atoms with Crippen molar-refractivity contribution in [2.24, 2.45) is 5.92 Å². The average Bonchev–Trinajstić information content (AvgIpc) is 2.91. The molecule has 1 fully saturated rings. The predicted molar refractivity (Wildman–Crippen MR) is 80.5 cm³/mol. The van der Waals surface area contributed by atoms with Gasteiger partial charge in [-0.1, -0.05) is 13.8 Å². The highest BCUT2D eigenvalue weighted by molar-refractivity contribution is 7.92. The molecular formula is C15H23NO4S. The number of hydrogen-bond donors (Lipinski definition) is 0. The second-order valence-electron chi connectivity index (χ2n) is 5.84. The minimum Gasteiger partial charge on any atom is -0.467 e. The highest BCUT2D eigenvalue weighted by atomic mass is 32.2. The van der Waals surface area contributed by atoms with Crippen molar-refractivity contribution in [3.05, 3.63) is 24.2 Å². The molecule has 21 heavy (non-hydrogen) atoms. The number of carbonyl (C=O) groups excluding carboxylic acids is 1. The first-order valence-corrected chi connectivity index (χ1v) is 9.28. The fourth-order valence-electron chi connectivity index (χ4n) is 2.84. The lowest BCUT2D eigenvalue weighted by Gasteiger charge is -2.37. The van der Waals surface area contributed by atoms with Crippen molar-refractivity contribution in [2.75, 3.05) is 18.1 Å². The van der Waals surface area contributed by atoms with Crippen LogP contribution in [-0.2, 0) is 14.6 Å². The largest absolute Gasteiger partial charge is 0.467 e. The standard InChI is InChI=1S/C15H23NO4S/c1-3-9-21(18,19)11-15(17)16-7-6-12(2)10-13(16)14-5-4-8-20-14/h4-5,8,12-13H,3,6-7,9-11H2,1-2H3/t12-,13-/m0/s1. The molecule has 2 atom stereocenters. The molecule has 1 aliphatic rings. The van der Waals surface area contributed by atoms with Crippen LogP contribution in [0.4, 0.5) is 0 Å². The van der Waals surface area contributed by atoms with Gasteiger partial charge >= 0.3 is 0 Å². The molecule has 0 saturated carbocycles. The van der Waals surface area contributed by atoms with Crippen LogP contribution >= 0.6 is 0 Å². The first kappa shape index (κ1) is 16.1. The zero-order valence-electron chi connectivity index (χ0n) is 12.6. The van der Waals surface area contributed by atoms with Crippen LogP contribution < -0.4 is 0 Å². The third kappa shape index (κ3) is 4.09. The van der Waals surface area contributed by atoms with E-state index >= 15 is 0 Å². The van der Waals surface area contributed by atoms with Gasteiger partial charge in [-0.25, -0.2) is 8.42 Å². The minimum absolute atomic E-state index is 0.0639. The van der Waals surface area contributed by atoms with Crippen molar-refractivity contribution in [3.63, 3.8) is 0 Å². The Hall–Kier alpha value is -1.30. The maximum absolute atomic E-state index is 12.4. The molecular weight excluding hydrogens is 290 g/mol. The fourth-order valence-corrected chi connectivity index (χ4v) is 4.15. The Balaban J connectivity index is 2.14. The number of nitrogens with zero attached hydrogens (tertiary/aromatic N) is 1. The maximum Gasteiger partial charge on any atom is 0.238 e. The molecule has 0 spiro atoms. The summed E-state index contributed by atoms with van der Waals surface area (Å²) in [6, 6.07) is 3.50. The van der Waals surface area contributed by atoms with Gasteiger partial charge in [-0.3, -0.25) is 4.79 Å². The summed E-state index contributed by atoms with van der Waals surface area (Å²) in [5.41, 5.74) is 0. The molecule has 1 aromatic heterocycles. The molecule has 2 rings (SSSR count). The van der Waals surface area contributed by atoms with Gasteiger partial charge < -0.3 is 9.32 Å². The summed E-state index contributed by atoms with van der Waals surface area (Å²) in [7, 11) is -3.31. The van der Waals surface area contributed by atoms with E-state index in [2.05, 4.69) is 6.92 Å². The van der Waals surface area contributed by atoms with E-state index in [0.29, 0.717) is 18.9 Å². The molecule has 0 N–H and O–H groups in total. The summed E-state index contributed by atoms with van der Waals surface area (Å²) in [4.78, 5) is 14.1. The molecule has 1 amide bonds. The van der Waals surface area contributed by atoms with E-state index in [4.69, 9.17) is 4.42 Å². The van der Waals surface area contributed by atoms with Crippen LogP contribution in [0, 0.1) is 5.92 Å². The number of piperidine rings is 1. The second-order valence-corrected chi connectivity index (χ2v) is 8.02. The molecule has 118 valence electrons. The van der Waals surface area contributed by atoms with Crippen molar-refractivity contribution in [1.82, 2.24) is 4.90 Å². The molecule has 0 unspecified atom stereocenters. The van der Waals surface area contributed by atoms with Crippen molar-refractivity contribution in [2.45, 2.75) is 39.2 Å². The van der Waals surface area contributed by atoms with Gasteiger partial charge in [0.1, 0.15) is 11.5 Å². The summed E-state index contributed by atoms with van der Waals surface area (Å²) in [6.45, 7) is 4.54. The van der Waals surface area contributed by atoms with Crippen molar-refractivity contribution >= 4 is 15.7 Å². The van der Waals surface area contributed by atoms with E-state index in [1.807, 2.05) is 6.07 Å². The molecule has 0 bridgehead atoms. The lowest BCUT2D eigenvalue weighted by molar-refractivity contribution is -0.133. The van der Waals surface area contributed by atoms with E-state index in [-0.39, 0.29) is 17.7 Å². The summed E-state index contributed by atoms with van der Waals surface area (Å²) in [5, 5.41) is 0. The van der Waals surface area contributed by atoms with Gasteiger partial charge in [-0.15, -0.1) is 0 Å². The van der Waals surface area contributed by atoms with E-state index < -0.39 is 15.6 Å². The van der Waals surface area contributed by atoms with E-state index in [0.717, 1.165) is 18.6 Å². The van der Waals surface area contributed by atoms with Crippen molar-refractivity contribution < 1.29 is 17.6 Å². The number of sulfone groups is 1. The predicted octanol–water partition coefficient (Wildman–Crippen LogP) is 2.40. The lowest BCUT2D eigenvalue weighted by atomic mass is 9.91. The highest BCUT2D eigenvalue weighted by Gasteiger charge is 2.34.